The van der Waals surface area contributed by atoms with E-state index in [1.807, 2.05) is 37.3 Å². The Morgan fingerprint density at radius 3 is 2.79 bits per heavy atom. The van der Waals surface area contributed by atoms with Gasteiger partial charge in [0.1, 0.15) is 5.71 Å². The van der Waals surface area contributed by atoms with Crippen LogP contribution in [0, 0.1) is 6.92 Å². The van der Waals surface area contributed by atoms with Crippen LogP contribution in [0.4, 0.5) is 11.4 Å². The third-order valence-electron chi connectivity index (χ3n) is 4.58. The summed E-state index contributed by atoms with van der Waals surface area (Å²) in [6.07, 6.45) is 2.15. The van der Waals surface area contributed by atoms with Crippen molar-refractivity contribution in [2.45, 2.75) is 19.8 Å². The second-order valence-corrected chi connectivity index (χ2v) is 6.93. The van der Waals surface area contributed by atoms with Gasteiger partial charge in [-0.3, -0.25) is 14.6 Å². The van der Waals surface area contributed by atoms with E-state index in [0.717, 1.165) is 10.9 Å². The zero-order valence-corrected chi connectivity index (χ0v) is 15.9. The molecule has 1 aliphatic rings. The quantitative estimate of drug-likeness (QED) is 0.721. The Balaban J connectivity index is 1.63. The molecule has 0 unspecified atom stereocenters. The van der Waals surface area contributed by atoms with Crippen LogP contribution in [0.1, 0.15) is 18.4 Å². The third-order valence-corrected chi connectivity index (χ3v) is 4.98. The van der Waals surface area contributed by atoms with E-state index in [-0.39, 0.29) is 30.4 Å². The zero-order chi connectivity index (χ0) is 19.7. The highest BCUT2D eigenvalue weighted by molar-refractivity contribution is 6.44. The van der Waals surface area contributed by atoms with E-state index in [1.165, 1.54) is 5.01 Å². The van der Waals surface area contributed by atoms with E-state index in [9.17, 15) is 9.59 Å². The Morgan fingerprint density at radius 1 is 1.14 bits per heavy atom. The number of amides is 2. The summed E-state index contributed by atoms with van der Waals surface area (Å²) >= 11 is 6.17. The second-order valence-electron chi connectivity index (χ2n) is 6.52. The molecule has 1 aromatic heterocycles. The summed E-state index contributed by atoms with van der Waals surface area (Å²) < 4.78 is 0. The Bertz CT molecular complexity index is 1120. The first kappa shape index (κ1) is 18.1. The van der Waals surface area contributed by atoms with Gasteiger partial charge in [0.2, 0.25) is 5.91 Å². The largest absolute Gasteiger partial charge is 0.319 e. The normalized spacial score (nSPS) is 14.1. The molecule has 0 aliphatic carbocycles. The van der Waals surface area contributed by atoms with Crippen molar-refractivity contribution in [1.82, 2.24) is 4.98 Å². The number of fused-ring (bicyclic) bond motifs is 1. The number of carbonyl (C=O) groups excluding carboxylic acids is 2. The van der Waals surface area contributed by atoms with Gasteiger partial charge in [0.05, 0.1) is 16.9 Å². The van der Waals surface area contributed by atoms with Gasteiger partial charge in [-0.25, -0.2) is 5.01 Å². The Kier molecular flexibility index (Phi) is 4.79. The van der Waals surface area contributed by atoms with Crippen molar-refractivity contribution in [1.29, 1.82) is 0 Å². The van der Waals surface area contributed by atoms with Crippen molar-refractivity contribution in [3.8, 4) is 0 Å². The van der Waals surface area contributed by atoms with Gasteiger partial charge in [0, 0.05) is 29.4 Å². The fourth-order valence-corrected chi connectivity index (χ4v) is 3.21. The highest BCUT2D eigenvalue weighted by Crippen LogP contribution is 2.26. The minimum Gasteiger partial charge on any atom is -0.319 e. The number of aromatic nitrogens is 1. The number of hydrazone groups is 1. The predicted molar refractivity (Wildman–Crippen MR) is 111 cm³/mol. The van der Waals surface area contributed by atoms with Gasteiger partial charge in [-0.1, -0.05) is 35.9 Å². The first-order valence-corrected chi connectivity index (χ1v) is 9.22. The molecule has 0 bridgehead atoms. The smallest absolute Gasteiger partial charge is 0.271 e. The average Bonchev–Trinajstić information content (AvgIpc) is 2.71. The van der Waals surface area contributed by atoms with Crippen LogP contribution < -0.4 is 10.3 Å². The van der Waals surface area contributed by atoms with Gasteiger partial charge in [-0.15, -0.1) is 0 Å². The number of nitrogens with one attached hydrogen (secondary N) is 1. The van der Waals surface area contributed by atoms with Crippen LogP contribution in [-0.4, -0.2) is 22.5 Å². The molecule has 1 aliphatic heterocycles. The molecule has 0 atom stereocenters. The van der Waals surface area contributed by atoms with Crippen molar-refractivity contribution in [3.05, 3.63) is 65.3 Å². The fraction of sp³-hybridized carbons (Fsp3) is 0.143. The Labute approximate surface area is 166 Å². The molecule has 1 N–H and O–H groups in total. The number of para-hydroxylation sites is 1. The molecule has 3 aromatic rings. The summed E-state index contributed by atoms with van der Waals surface area (Å²) in [6.45, 7) is 1.88. The molecular formula is C21H17ClN4O2. The topological polar surface area (TPSA) is 74.7 Å². The average molecular weight is 393 g/mol. The predicted octanol–water partition coefficient (Wildman–Crippen LogP) is 4.32. The zero-order valence-electron chi connectivity index (χ0n) is 15.1. The van der Waals surface area contributed by atoms with E-state index < -0.39 is 0 Å². The fourth-order valence-electron chi connectivity index (χ4n) is 3.03. The molecule has 0 fully saturated rings. The molecule has 7 heteroatoms. The van der Waals surface area contributed by atoms with Gasteiger partial charge in [0.25, 0.3) is 5.91 Å². The molecule has 0 spiro atoms. The lowest BCUT2D eigenvalue weighted by molar-refractivity contribution is -0.118. The number of hydrogen-bond acceptors (Lipinski definition) is 4. The molecule has 4 rings (SSSR count). The van der Waals surface area contributed by atoms with Crippen LogP contribution in [-0.2, 0) is 9.59 Å². The second kappa shape index (κ2) is 7.40. The van der Waals surface area contributed by atoms with Gasteiger partial charge in [0.15, 0.2) is 0 Å². The molecule has 0 saturated carbocycles. The third kappa shape index (κ3) is 3.46. The summed E-state index contributed by atoms with van der Waals surface area (Å²) in [5, 5.41) is 9.86. The van der Waals surface area contributed by atoms with E-state index in [2.05, 4.69) is 15.4 Å². The standard InChI is InChI=1S/C21H17ClN4O2/c1-13-7-8-15(12-16(13)22)26-19(27)10-9-18(25-26)21(28)24-17-6-2-4-14-5-3-11-23-20(14)17/h2-8,11-12H,9-10H2,1H3,(H,24,28). The number of aryl methyl sites for hydroxylation is 1. The lowest BCUT2D eigenvalue weighted by Gasteiger charge is -2.23. The molecular weight excluding hydrogens is 376 g/mol. The Hall–Kier alpha value is -3.25. The molecule has 2 aromatic carbocycles. The number of carbonyl (C=O) groups is 2. The Morgan fingerprint density at radius 2 is 1.96 bits per heavy atom. The monoisotopic (exact) mass is 392 g/mol. The summed E-state index contributed by atoms with van der Waals surface area (Å²) in [7, 11) is 0. The lowest BCUT2D eigenvalue weighted by atomic mass is 10.1. The van der Waals surface area contributed by atoms with Gasteiger partial charge in [-0.2, -0.15) is 5.10 Å². The first-order valence-electron chi connectivity index (χ1n) is 8.84. The van der Waals surface area contributed by atoms with Gasteiger partial charge in [-0.05, 0) is 36.8 Å². The lowest BCUT2D eigenvalue weighted by Crippen LogP contribution is -2.36. The molecule has 2 amide bonds. The number of benzene rings is 2. The van der Waals surface area contributed by atoms with Crippen molar-refractivity contribution in [2.24, 2.45) is 5.10 Å². The SMILES string of the molecule is Cc1ccc(N2N=C(C(=O)Nc3cccc4cccnc34)CCC2=O)cc1Cl. The van der Waals surface area contributed by atoms with Gasteiger partial charge >= 0.3 is 0 Å². The van der Waals surface area contributed by atoms with Crippen LogP contribution in [0.5, 0.6) is 0 Å². The van der Waals surface area contributed by atoms with E-state index in [0.29, 0.717) is 21.9 Å². The number of nitrogens with zero attached hydrogens (tertiary/aromatic N) is 3. The molecule has 28 heavy (non-hydrogen) atoms. The van der Waals surface area contributed by atoms with Crippen molar-refractivity contribution in [3.63, 3.8) is 0 Å². The maximum Gasteiger partial charge on any atom is 0.271 e. The molecule has 6 nitrogen and oxygen atoms in total. The minimum absolute atomic E-state index is 0.178. The minimum atomic E-state index is -0.353. The van der Waals surface area contributed by atoms with E-state index >= 15 is 0 Å². The molecule has 0 radical (unpaired) electrons. The number of anilines is 2. The van der Waals surface area contributed by atoms with Crippen LogP contribution in [0.15, 0.2) is 59.8 Å². The summed E-state index contributed by atoms with van der Waals surface area (Å²) in [4.78, 5) is 29.4. The maximum absolute atomic E-state index is 12.8. The van der Waals surface area contributed by atoms with Gasteiger partial charge < -0.3 is 5.32 Å². The number of halogens is 1. The number of rotatable bonds is 3. The van der Waals surface area contributed by atoms with Crippen LogP contribution >= 0.6 is 11.6 Å². The van der Waals surface area contributed by atoms with E-state index in [1.54, 1.807) is 24.4 Å². The van der Waals surface area contributed by atoms with Crippen molar-refractivity contribution >= 4 is 51.4 Å². The summed E-state index contributed by atoms with van der Waals surface area (Å²) in [5.41, 5.74) is 3.03. The van der Waals surface area contributed by atoms with Crippen LogP contribution in [0.25, 0.3) is 10.9 Å². The first-order chi connectivity index (χ1) is 13.5. The highest BCUT2D eigenvalue weighted by Gasteiger charge is 2.26. The molecule has 2 heterocycles. The van der Waals surface area contributed by atoms with Crippen molar-refractivity contribution in [2.75, 3.05) is 10.3 Å². The van der Waals surface area contributed by atoms with Crippen molar-refractivity contribution < 1.29 is 9.59 Å². The van der Waals surface area contributed by atoms with E-state index in [4.69, 9.17) is 11.6 Å². The number of pyridine rings is 1. The summed E-state index contributed by atoms with van der Waals surface area (Å²) in [5.74, 6) is -0.530. The number of hydrogen-bond donors (Lipinski definition) is 1. The molecule has 140 valence electrons. The molecule has 0 saturated heterocycles. The highest BCUT2D eigenvalue weighted by atomic mass is 35.5. The van der Waals surface area contributed by atoms with Crippen LogP contribution in [0.3, 0.4) is 0 Å². The summed E-state index contributed by atoms with van der Waals surface area (Å²) in [6, 6.07) is 14.6. The maximum atomic E-state index is 12.8. The van der Waals surface area contributed by atoms with Crippen LogP contribution in [0.2, 0.25) is 5.02 Å².